The number of carbonyl (C=O) groups excluding carboxylic acids is 4. The van der Waals surface area contributed by atoms with Crippen molar-refractivity contribution in [2.45, 2.75) is 22.5 Å². The normalized spacial score (nSPS) is 23.9. The molecular formula is C27H21Br2NO5. The molecule has 4 atom stereocenters. The lowest BCUT2D eigenvalue weighted by Gasteiger charge is -2.29. The molecule has 2 fully saturated rings. The summed E-state index contributed by atoms with van der Waals surface area (Å²) in [6.45, 7) is -0.382. The fourth-order valence-electron chi connectivity index (χ4n) is 4.76. The summed E-state index contributed by atoms with van der Waals surface area (Å²) in [5, 5.41) is 1.96. The molecular weight excluding hydrogens is 578 g/mol. The van der Waals surface area contributed by atoms with Crippen LogP contribution in [0.25, 0.3) is 10.8 Å². The predicted octanol–water partition coefficient (Wildman–Crippen LogP) is 5.31. The van der Waals surface area contributed by atoms with Gasteiger partial charge < -0.3 is 4.74 Å². The lowest BCUT2D eigenvalue weighted by molar-refractivity contribution is -0.122. The van der Waals surface area contributed by atoms with Gasteiger partial charge in [-0.25, -0.2) is 4.79 Å². The molecule has 0 bridgehead atoms. The molecule has 0 aromatic heterocycles. The van der Waals surface area contributed by atoms with Gasteiger partial charge in [0.25, 0.3) is 0 Å². The Hall–Kier alpha value is -2.84. The second-order valence-corrected chi connectivity index (χ2v) is 11.2. The van der Waals surface area contributed by atoms with Crippen LogP contribution in [0.15, 0.2) is 66.7 Å². The molecule has 1 aliphatic carbocycles. The Kier molecular flexibility index (Phi) is 6.59. The highest BCUT2D eigenvalue weighted by atomic mass is 79.9. The monoisotopic (exact) mass is 597 g/mol. The number of Topliss-reactive ketones (excluding diaryl/α,β-unsaturated/α-hetero) is 1. The van der Waals surface area contributed by atoms with Crippen molar-refractivity contribution in [3.63, 3.8) is 0 Å². The quantitative estimate of drug-likeness (QED) is 0.172. The van der Waals surface area contributed by atoms with E-state index in [0.717, 1.165) is 10.8 Å². The number of fused-ring (bicyclic) bond motifs is 2. The number of ether oxygens (including phenoxy) is 1. The van der Waals surface area contributed by atoms with E-state index in [9.17, 15) is 19.2 Å². The molecule has 3 aromatic rings. The molecule has 2 amide bonds. The van der Waals surface area contributed by atoms with E-state index >= 15 is 0 Å². The molecule has 0 unspecified atom stereocenters. The van der Waals surface area contributed by atoms with Crippen molar-refractivity contribution in [3.05, 3.63) is 77.9 Å². The van der Waals surface area contributed by atoms with Crippen LogP contribution in [0.1, 0.15) is 33.6 Å². The van der Waals surface area contributed by atoms with Crippen molar-refractivity contribution >= 4 is 71.9 Å². The van der Waals surface area contributed by atoms with E-state index < -0.39 is 5.97 Å². The smallest absolute Gasteiger partial charge is 0.338 e. The number of carbonyl (C=O) groups is 4. The first-order valence-corrected chi connectivity index (χ1v) is 13.1. The summed E-state index contributed by atoms with van der Waals surface area (Å²) in [5.41, 5.74) is 1.13. The van der Waals surface area contributed by atoms with Gasteiger partial charge in [0.2, 0.25) is 11.8 Å². The Morgan fingerprint density at radius 2 is 1.37 bits per heavy atom. The van der Waals surface area contributed by atoms with Gasteiger partial charge in [-0.05, 0) is 53.9 Å². The zero-order valence-electron chi connectivity index (χ0n) is 18.5. The molecule has 8 heteroatoms. The SMILES string of the molecule is O=C(COC(=O)c1ccc(N2C(=O)[C@H]3C[C@@H](Br)[C@H](Br)C[C@@H]3C2=O)cc1)c1ccc2ccccc2c1. The third-order valence-electron chi connectivity index (χ3n) is 6.68. The number of esters is 1. The number of hydrogen-bond acceptors (Lipinski definition) is 5. The van der Waals surface area contributed by atoms with Crippen LogP contribution in [0.2, 0.25) is 0 Å². The highest BCUT2D eigenvalue weighted by Gasteiger charge is 2.52. The molecule has 1 saturated heterocycles. The molecule has 0 N–H and O–H groups in total. The Morgan fingerprint density at radius 1 is 0.800 bits per heavy atom. The Morgan fingerprint density at radius 3 is 2.00 bits per heavy atom. The maximum absolute atomic E-state index is 13.0. The van der Waals surface area contributed by atoms with E-state index in [-0.39, 0.29) is 51.3 Å². The molecule has 2 aliphatic rings. The van der Waals surface area contributed by atoms with Gasteiger partial charge in [0, 0.05) is 15.2 Å². The number of benzene rings is 3. The molecule has 1 heterocycles. The zero-order valence-corrected chi connectivity index (χ0v) is 21.7. The first-order valence-electron chi connectivity index (χ1n) is 11.3. The van der Waals surface area contributed by atoms with Gasteiger partial charge in [0.15, 0.2) is 12.4 Å². The second kappa shape index (κ2) is 9.66. The number of hydrogen-bond donors (Lipinski definition) is 0. The van der Waals surface area contributed by atoms with E-state index in [2.05, 4.69) is 31.9 Å². The number of nitrogens with zero attached hydrogens (tertiary/aromatic N) is 1. The van der Waals surface area contributed by atoms with Gasteiger partial charge in [0.1, 0.15) is 0 Å². The van der Waals surface area contributed by atoms with Crippen molar-refractivity contribution in [1.29, 1.82) is 0 Å². The summed E-state index contributed by atoms with van der Waals surface area (Å²) >= 11 is 7.17. The Balaban J connectivity index is 1.24. The first-order chi connectivity index (χ1) is 16.8. The summed E-state index contributed by atoms with van der Waals surface area (Å²) < 4.78 is 5.22. The second-order valence-electron chi connectivity index (χ2n) is 8.84. The third kappa shape index (κ3) is 4.57. The lowest BCUT2D eigenvalue weighted by Crippen LogP contribution is -2.34. The highest BCUT2D eigenvalue weighted by molar-refractivity contribution is 9.12. The van der Waals surface area contributed by atoms with Crippen LogP contribution >= 0.6 is 31.9 Å². The molecule has 0 radical (unpaired) electrons. The largest absolute Gasteiger partial charge is 0.454 e. The summed E-state index contributed by atoms with van der Waals surface area (Å²) in [5.74, 6) is -2.05. The molecule has 35 heavy (non-hydrogen) atoms. The highest BCUT2D eigenvalue weighted by Crippen LogP contribution is 2.44. The van der Waals surface area contributed by atoms with Crippen molar-refractivity contribution < 1.29 is 23.9 Å². The molecule has 0 spiro atoms. The maximum Gasteiger partial charge on any atom is 0.338 e. The molecule has 1 aliphatic heterocycles. The van der Waals surface area contributed by atoms with Crippen LogP contribution < -0.4 is 4.90 Å². The van der Waals surface area contributed by atoms with Crippen molar-refractivity contribution in [3.8, 4) is 0 Å². The van der Waals surface area contributed by atoms with E-state index in [1.54, 1.807) is 24.3 Å². The van der Waals surface area contributed by atoms with Crippen molar-refractivity contribution in [2.75, 3.05) is 11.5 Å². The fourth-order valence-corrected chi connectivity index (χ4v) is 5.99. The van der Waals surface area contributed by atoms with Crippen LogP contribution in [0, 0.1) is 11.8 Å². The predicted molar refractivity (Wildman–Crippen MR) is 139 cm³/mol. The van der Waals surface area contributed by atoms with Gasteiger partial charge in [-0.1, -0.05) is 68.3 Å². The van der Waals surface area contributed by atoms with Gasteiger partial charge in [0.05, 0.1) is 23.1 Å². The van der Waals surface area contributed by atoms with Gasteiger partial charge in [-0.2, -0.15) is 0 Å². The number of halogens is 2. The summed E-state index contributed by atoms with van der Waals surface area (Å²) in [6, 6.07) is 19.2. The molecule has 1 saturated carbocycles. The van der Waals surface area contributed by atoms with Crippen LogP contribution in [0.4, 0.5) is 5.69 Å². The number of imide groups is 1. The summed E-state index contributed by atoms with van der Waals surface area (Å²) in [7, 11) is 0. The van der Waals surface area contributed by atoms with E-state index in [1.807, 2.05) is 30.3 Å². The molecule has 3 aromatic carbocycles. The maximum atomic E-state index is 13.0. The van der Waals surface area contributed by atoms with Crippen LogP contribution in [-0.2, 0) is 14.3 Å². The lowest BCUT2D eigenvalue weighted by atomic mass is 9.81. The van der Waals surface area contributed by atoms with Gasteiger partial charge >= 0.3 is 5.97 Å². The molecule has 6 nitrogen and oxygen atoms in total. The number of alkyl halides is 2. The third-order valence-corrected chi connectivity index (χ3v) is 9.41. The van der Waals surface area contributed by atoms with Crippen LogP contribution in [0.5, 0.6) is 0 Å². The van der Waals surface area contributed by atoms with Crippen LogP contribution in [0.3, 0.4) is 0 Å². The van der Waals surface area contributed by atoms with E-state index in [0.29, 0.717) is 24.1 Å². The fraction of sp³-hybridized carbons (Fsp3) is 0.259. The number of amides is 2. The number of ketones is 1. The topological polar surface area (TPSA) is 80.8 Å². The summed E-state index contributed by atoms with van der Waals surface area (Å²) in [6.07, 6.45) is 1.19. The van der Waals surface area contributed by atoms with Crippen molar-refractivity contribution in [1.82, 2.24) is 0 Å². The minimum Gasteiger partial charge on any atom is -0.454 e. The minimum absolute atomic E-state index is 0.134. The van der Waals surface area contributed by atoms with Crippen LogP contribution in [-0.4, -0.2) is 39.8 Å². The molecule has 178 valence electrons. The Bertz CT molecular complexity index is 1310. The number of anilines is 1. The van der Waals surface area contributed by atoms with Gasteiger partial charge in [-0.3, -0.25) is 19.3 Å². The van der Waals surface area contributed by atoms with E-state index in [1.165, 1.54) is 17.0 Å². The molecule has 5 rings (SSSR count). The first kappa shape index (κ1) is 23.9. The van der Waals surface area contributed by atoms with E-state index in [4.69, 9.17) is 4.74 Å². The van der Waals surface area contributed by atoms with Gasteiger partial charge in [-0.15, -0.1) is 0 Å². The Labute approximate surface area is 218 Å². The van der Waals surface area contributed by atoms with Crippen molar-refractivity contribution in [2.24, 2.45) is 11.8 Å². The average molecular weight is 599 g/mol. The minimum atomic E-state index is -0.650. The summed E-state index contributed by atoms with van der Waals surface area (Å²) in [4.78, 5) is 52.4. The zero-order chi connectivity index (χ0) is 24.7. The average Bonchev–Trinajstić information content (AvgIpc) is 3.11. The number of rotatable bonds is 5. The standard InChI is InChI=1S/C27H21Br2NO5/c28-22-12-20-21(13-23(22)29)26(33)30(25(20)32)19-9-7-16(8-10-19)27(34)35-14-24(31)18-6-5-15-3-1-2-4-17(15)11-18/h1-11,20-23H,12-14H2/t20-,21-,22+,23+/m0/s1.